The summed E-state index contributed by atoms with van der Waals surface area (Å²) >= 11 is 0. The summed E-state index contributed by atoms with van der Waals surface area (Å²) in [7, 11) is 0. The van der Waals surface area contributed by atoms with Crippen molar-refractivity contribution in [3.05, 3.63) is 53.2 Å². The summed E-state index contributed by atoms with van der Waals surface area (Å²) in [6, 6.07) is 10.6. The van der Waals surface area contributed by atoms with Gasteiger partial charge in [-0.05, 0) is 48.6 Å². The molecule has 1 aliphatic rings. The third-order valence-corrected chi connectivity index (χ3v) is 3.76. The molecule has 1 aromatic carbocycles. The van der Waals surface area contributed by atoms with Gasteiger partial charge in [-0.15, -0.1) is 0 Å². The molecule has 0 saturated carbocycles. The summed E-state index contributed by atoms with van der Waals surface area (Å²) in [5.41, 5.74) is 4.64. The van der Waals surface area contributed by atoms with Crippen molar-refractivity contribution in [3.8, 4) is 0 Å². The molecular weight excluding hydrogens is 236 g/mol. The van der Waals surface area contributed by atoms with E-state index in [4.69, 9.17) is 0 Å². The van der Waals surface area contributed by atoms with Crippen LogP contribution in [0, 0.1) is 6.92 Å². The minimum atomic E-state index is 0.0513. The summed E-state index contributed by atoms with van der Waals surface area (Å²) in [6.07, 6.45) is 4.07. The number of aliphatic hydroxyl groups is 1. The monoisotopic (exact) mass is 254 g/mol. The third-order valence-electron chi connectivity index (χ3n) is 3.76. The molecule has 1 aliphatic heterocycles. The van der Waals surface area contributed by atoms with E-state index >= 15 is 0 Å². The van der Waals surface area contributed by atoms with Crippen LogP contribution in [0.3, 0.4) is 0 Å². The predicted molar refractivity (Wildman–Crippen MR) is 76.7 cm³/mol. The van der Waals surface area contributed by atoms with Gasteiger partial charge in [-0.3, -0.25) is 0 Å². The molecule has 0 aliphatic carbocycles. The zero-order chi connectivity index (χ0) is 13.2. The maximum Gasteiger partial charge on any atom is 0.133 e. The highest BCUT2D eigenvalue weighted by molar-refractivity contribution is 5.65. The first-order chi connectivity index (χ1) is 9.29. The van der Waals surface area contributed by atoms with Gasteiger partial charge in [0.05, 0.1) is 6.61 Å². The van der Waals surface area contributed by atoms with Crippen LogP contribution in [0.25, 0.3) is 0 Å². The molecule has 0 radical (unpaired) electrons. The third kappa shape index (κ3) is 2.22. The molecule has 0 bridgehead atoms. The molecule has 3 rings (SSSR count). The van der Waals surface area contributed by atoms with Crippen LogP contribution < -0.4 is 4.90 Å². The number of aromatic nitrogens is 1. The number of pyridine rings is 1. The lowest BCUT2D eigenvalue weighted by Gasteiger charge is -2.30. The van der Waals surface area contributed by atoms with Gasteiger partial charge in [0.15, 0.2) is 0 Å². The van der Waals surface area contributed by atoms with Crippen LogP contribution in [0.1, 0.15) is 23.1 Å². The Morgan fingerprint density at radius 3 is 2.95 bits per heavy atom. The van der Waals surface area contributed by atoms with Gasteiger partial charge < -0.3 is 10.0 Å². The zero-order valence-electron chi connectivity index (χ0n) is 11.1. The largest absolute Gasteiger partial charge is 0.392 e. The van der Waals surface area contributed by atoms with Gasteiger partial charge in [-0.1, -0.05) is 18.2 Å². The highest BCUT2D eigenvalue weighted by atomic mass is 16.3. The fraction of sp³-hybridized carbons (Fsp3) is 0.312. The fourth-order valence-electron chi connectivity index (χ4n) is 2.65. The van der Waals surface area contributed by atoms with Crippen molar-refractivity contribution in [2.24, 2.45) is 0 Å². The summed E-state index contributed by atoms with van der Waals surface area (Å²) in [5.74, 6) is 0.974. The number of hydrogen-bond donors (Lipinski definition) is 1. The predicted octanol–water partition coefficient (Wildman–Crippen LogP) is 2.97. The molecule has 0 unspecified atom stereocenters. The molecule has 0 atom stereocenters. The summed E-state index contributed by atoms with van der Waals surface area (Å²) in [6.45, 7) is 3.07. The summed E-state index contributed by atoms with van der Waals surface area (Å²) in [4.78, 5) is 6.77. The molecule has 0 fully saturated rings. The van der Waals surface area contributed by atoms with Crippen molar-refractivity contribution in [1.82, 2.24) is 4.98 Å². The van der Waals surface area contributed by atoms with E-state index < -0.39 is 0 Å². The van der Waals surface area contributed by atoms with Gasteiger partial charge in [0.25, 0.3) is 0 Å². The Kier molecular flexibility index (Phi) is 3.22. The standard InChI is InChI=1S/C16H18N2O/c1-12-9-16(17-10-14(12)11-19)18-8-4-6-13-5-2-3-7-15(13)18/h2-3,5,7,9-10,19H,4,6,8,11H2,1H3. The van der Waals surface area contributed by atoms with Crippen LogP contribution in [-0.4, -0.2) is 16.6 Å². The van der Waals surface area contributed by atoms with E-state index in [-0.39, 0.29) is 6.61 Å². The second-order valence-electron chi connectivity index (χ2n) is 5.01. The molecule has 19 heavy (non-hydrogen) atoms. The Balaban J connectivity index is 2.02. The number of para-hydroxylation sites is 1. The van der Waals surface area contributed by atoms with Crippen molar-refractivity contribution < 1.29 is 5.11 Å². The van der Waals surface area contributed by atoms with Crippen LogP contribution in [0.2, 0.25) is 0 Å². The number of aryl methyl sites for hydroxylation is 2. The Morgan fingerprint density at radius 2 is 2.16 bits per heavy atom. The number of nitrogens with zero attached hydrogens (tertiary/aromatic N) is 2. The number of benzene rings is 1. The molecule has 1 aromatic heterocycles. The van der Waals surface area contributed by atoms with E-state index in [2.05, 4.69) is 40.2 Å². The van der Waals surface area contributed by atoms with E-state index in [9.17, 15) is 5.11 Å². The van der Waals surface area contributed by atoms with Gasteiger partial charge in [0.2, 0.25) is 0 Å². The smallest absolute Gasteiger partial charge is 0.133 e. The molecule has 0 amide bonds. The van der Waals surface area contributed by atoms with Crippen LogP contribution in [0.4, 0.5) is 11.5 Å². The molecule has 1 N–H and O–H groups in total. The minimum absolute atomic E-state index is 0.0513. The van der Waals surface area contributed by atoms with E-state index in [1.165, 1.54) is 11.3 Å². The molecule has 98 valence electrons. The lowest BCUT2D eigenvalue weighted by atomic mass is 10.0. The fourth-order valence-corrected chi connectivity index (χ4v) is 2.65. The average molecular weight is 254 g/mol. The van der Waals surface area contributed by atoms with Gasteiger partial charge >= 0.3 is 0 Å². The zero-order valence-corrected chi connectivity index (χ0v) is 11.1. The summed E-state index contributed by atoms with van der Waals surface area (Å²) in [5, 5.41) is 9.22. The molecule has 3 heteroatoms. The Bertz CT molecular complexity index is 595. The van der Waals surface area contributed by atoms with Crippen LogP contribution in [-0.2, 0) is 13.0 Å². The highest BCUT2D eigenvalue weighted by Gasteiger charge is 2.18. The molecule has 2 heterocycles. The molecule has 3 nitrogen and oxygen atoms in total. The normalized spacial score (nSPS) is 14.3. The van der Waals surface area contributed by atoms with Crippen molar-refractivity contribution in [2.75, 3.05) is 11.4 Å². The minimum Gasteiger partial charge on any atom is -0.392 e. The van der Waals surface area contributed by atoms with E-state index in [0.717, 1.165) is 36.3 Å². The van der Waals surface area contributed by atoms with Gasteiger partial charge in [0, 0.05) is 18.4 Å². The van der Waals surface area contributed by atoms with Gasteiger partial charge in [-0.2, -0.15) is 0 Å². The summed E-state index contributed by atoms with van der Waals surface area (Å²) < 4.78 is 0. The molecule has 0 spiro atoms. The molecule has 0 saturated heterocycles. The second-order valence-corrected chi connectivity index (χ2v) is 5.01. The first-order valence-electron chi connectivity index (χ1n) is 6.71. The molecular formula is C16H18N2O. The van der Waals surface area contributed by atoms with Crippen LogP contribution >= 0.6 is 0 Å². The van der Waals surface area contributed by atoms with E-state index in [1.54, 1.807) is 6.20 Å². The molecule has 2 aromatic rings. The maximum atomic E-state index is 9.22. The van der Waals surface area contributed by atoms with Crippen LogP contribution in [0.15, 0.2) is 36.5 Å². The van der Waals surface area contributed by atoms with Crippen molar-refractivity contribution in [3.63, 3.8) is 0 Å². The quantitative estimate of drug-likeness (QED) is 0.895. The van der Waals surface area contributed by atoms with Crippen molar-refractivity contribution in [1.29, 1.82) is 0 Å². The van der Waals surface area contributed by atoms with Crippen molar-refractivity contribution in [2.45, 2.75) is 26.4 Å². The first kappa shape index (κ1) is 12.2. The van der Waals surface area contributed by atoms with E-state index in [0.29, 0.717) is 0 Å². The number of aliphatic hydroxyl groups excluding tert-OH is 1. The Labute approximate surface area is 113 Å². The highest BCUT2D eigenvalue weighted by Crippen LogP contribution is 2.32. The number of rotatable bonds is 2. The average Bonchev–Trinajstić information content (AvgIpc) is 2.46. The number of anilines is 2. The van der Waals surface area contributed by atoms with Gasteiger partial charge in [0.1, 0.15) is 5.82 Å². The topological polar surface area (TPSA) is 36.4 Å². The Hall–Kier alpha value is -1.87. The number of hydrogen-bond acceptors (Lipinski definition) is 3. The lowest BCUT2D eigenvalue weighted by Crippen LogP contribution is -2.25. The maximum absolute atomic E-state index is 9.22. The van der Waals surface area contributed by atoms with E-state index in [1.807, 2.05) is 6.92 Å². The first-order valence-corrected chi connectivity index (χ1v) is 6.71. The lowest BCUT2D eigenvalue weighted by molar-refractivity contribution is 0.280. The van der Waals surface area contributed by atoms with Crippen molar-refractivity contribution >= 4 is 11.5 Å². The second kappa shape index (κ2) is 5.02. The van der Waals surface area contributed by atoms with Crippen LogP contribution in [0.5, 0.6) is 0 Å². The Morgan fingerprint density at radius 1 is 1.32 bits per heavy atom. The van der Waals surface area contributed by atoms with Gasteiger partial charge in [-0.25, -0.2) is 4.98 Å². The number of fused-ring (bicyclic) bond motifs is 1. The SMILES string of the molecule is Cc1cc(N2CCCc3ccccc32)ncc1CO.